The highest BCUT2D eigenvalue weighted by Gasteiger charge is 2.20. The summed E-state index contributed by atoms with van der Waals surface area (Å²) in [4.78, 5) is 0. The molecule has 2 aromatic carbocycles. The molecule has 0 radical (unpaired) electrons. The van der Waals surface area contributed by atoms with Gasteiger partial charge in [0.05, 0.1) is 10.5 Å². The van der Waals surface area contributed by atoms with Gasteiger partial charge in [0.1, 0.15) is 11.6 Å². The lowest BCUT2D eigenvalue weighted by Gasteiger charge is -2.19. The van der Waals surface area contributed by atoms with Crippen molar-refractivity contribution < 1.29 is 8.78 Å². The van der Waals surface area contributed by atoms with E-state index in [-0.39, 0.29) is 16.4 Å². The van der Waals surface area contributed by atoms with Crippen molar-refractivity contribution in [2.75, 3.05) is 0 Å². The van der Waals surface area contributed by atoms with Crippen LogP contribution in [-0.4, -0.2) is 0 Å². The average Bonchev–Trinajstić information content (AvgIpc) is 2.42. The number of halogens is 4. The third kappa shape index (κ3) is 3.17. The molecule has 0 amide bonds. The van der Waals surface area contributed by atoms with Gasteiger partial charge in [-0.15, -0.1) is 0 Å². The van der Waals surface area contributed by atoms with Crippen LogP contribution in [0, 0.1) is 11.6 Å². The van der Waals surface area contributed by atoms with Crippen LogP contribution >= 0.6 is 27.5 Å². The summed E-state index contributed by atoms with van der Waals surface area (Å²) in [6.45, 7) is 0. The van der Waals surface area contributed by atoms with Crippen LogP contribution in [0.5, 0.6) is 0 Å². The molecule has 0 fully saturated rings. The van der Waals surface area contributed by atoms with Gasteiger partial charge in [0.15, 0.2) is 0 Å². The minimum Gasteiger partial charge on any atom is -0.271 e. The number of hydrazine groups is 1. The van der Waals surface area contributed by atoms with Gasteiger partial charge < -0.3 is 0 Å². The van der Waals surface area contributed by atoms with Crippen LogP contribution in [0.4, 0.5) is 8.78 Å². The van der Waals surface area contributed by atoms with Crippen LogP contribution in [0.1, 0.15) is 17.2 Å². The first-order valence-corrected chi connectivity index (χ1v) is 7.04. The summed E-state index contributed by atoms with van der Waals surface area (Å²) in [5, 5.41) is 0.278. The minimum absolute atomic E-state index is 0.271. The lowest BCUT2D eigenvalue weighted by Crippen LogP contribution is -2.30. The number of nitrogens with two attached hydrogens (primary N) is 1. The second-order valence-electron chi connectivity index (χ2n) is 4.27. The molecule has 2 nitrogen and oxygen atoms in total. The molecular formula is C14H12BrClF2N2. The molecule has 0 bridgehead atoms. The van der Waals surface area contributed by atoms with Gasteiger partial charge in [-0.25, -0.2) is 8.78 Å². The Balaban J connectivity index is 2.37. The first-order chi connectivity index (χ1) is 9.54. The number of hydrogen-bond acceptors (Lipinski definition) is 2. The van der Waals surface area contributed by atoms with Crippen LogP contribution in [0.3, 0.4) is 0 Å². The number of nitrogens with one attached hydrogen (secondary N) is 1. The fraction of sp³-hybridized carbons (Fsp3) is 0.143. The molecule has 0 aliphatic rings. The maximum atomic E-state index is 13.9. The molecule has 1 atom stereocenters. The highest BCUT2D eigenvalue weighted by Crippen LogP contribution is 2.30. The Kier molecular flexibility index (Phi) is 5.10. The summed E-state index contributed by atoms with van der Waals surface area (Å²) in [6, 6.07) is 8.54. The van der Waals surface area contributed by atoms with E-state index in [0.717, 1.165) is 0 Å². The highest BCUT2D eigenvalue weighted by atomic mass is 79.9. The van der Waals surface area contributed by atoms with E-state index in [1.54, 1.807) is 18.2 Å². The molecule has 0 saturated carbocycles. The molecule has 0 aliphatic heterocycles. The fourth-order valence-electron chi connectivity index (χ4n) is 2.01. The normalized spacial score (nSPS) is 12.4. The Morgan fingerprint density at radius 3 is 2.45 bits per heavy atom. The standard InChI is InChI=1S/C14H12BrClF2N2/c15-14-8(3-1-6-11(14)18)7-12(20-19)13-9(16)4-2-5-10(13)17/h1-6,12,20H,7,19H2. The van der Waals surface area contributed by atoms with Crippen LogP contribution in [0.15, 0.2) is 40.9 Å². The van der Waals surface area contributed by atoms with Gasteiger partial charge in [-0.05, 0) is 46.1 Å². The SMILES string of the molecule is NNC(Cc1cccc(F)c1Br)c1c(F)cccc1Cl. The van der Waals surface area contributed by atoms with Crippen molar-refractivity contribution >= 4 is 27.5 Å². The van der Waals surface area contributed by atoms with Crippen molar-refractivity contribution in [3.8, 4) is 0 Å². The summed E-state index contributed by atoms with van der Waals surface area (Å²) in [6.07, 6.45) is 0.301. The van der Waals surface area contributed by atoms with Gasteiger partial charge in [-0.3, -0.25) is 11.3 Å². The average molecular weight is 362 g/mol. The monoisotopic (exact) mass is 360 g/mol. The predicted octanol–water partition coefficient (Wildman–Crippen LogP) is 4.13. The lowest BCUT2D eigenvalue weighted by atomic mass is 9.99. The lowest BCUT2D eigenvalue weighted by molar-refractivity contribution is 0.508. The van der Waals surface area contributed by atoms with Crippen molar-refractivity contribution in [1.29, 1.82) is 0 Å². The van der Waals surface area contributed by atoms with Crippen molar-refractivity contribution in [2.45, 2.75) is 12.5 Å². The topological polar surface area (TPSA) is 38.0 Å². The van der Waals surface area contributed by atoms with Gasteiger partial charge in [0.25, 0.3) is 0 Å². The molecule has 0 heterocycles. The van der Waals surface area contributed by atoms with E-state index in [4.69, 9.17) is 17.4 Å². The molecule has 0 aliphatic carbocycles. The van der Waals surface area contributed by atoms with E-state index in [2.05, 4.69) is 21.4 Å². The van der Waals surface area contributed by atoms with E-state index < -0.39 is 11.9 Å². The van der Waals surface area contributed by atoms with Gasteiger partial charge in [0.2, 0.25) is 0 Å². The van der Waals surface area contributed by atoms with E-state index in [1.807, 2.05) is 0 Å². The predicted molar refractivity (Wildman–Crippen MR) is 79.3 cm³/mol. The summed E-state index contributed by atoms with van der Waals surface area (Å²) >= 11 is 9.20. The molecule has 0 saturated heterocycles. The highest BCUT2D eigenvalue weighted by molar-refractivity contribution is 9.10. The summed E-state index contributed by atoms with van der Waals surface area (Å²) < 4.78 is 27.7. The van der Waals surface area contributed by atoms with Crippen molar-refractivity contribution in [1.82, 2.24) is 5.43 Å². The molecule has 2 aromatic rings. The Hall–Kier alpha value is -1.01. The van der Waals surface area contributed by atoms with Gasteiger partial charge in [0, 0.05) is 10.6 Å². The fourth-order valence-corrected chi connectivity index (χ4v) is 2.73. The molecular weight excluding hydrogens is 350 g/mol. The van der Waals surface area contributed by atoms with Gasteiger partial charge in [-0.1, -0.05) is 29.8 Å². The van der Waals surface area contributed by atoms with E-state index in [9.17, 15) is 8.78 Å². The minimum atomic E-state index is -0.554. The number of rotatable bonds is 4. The Morgan fingerprint density at radius 2 is 1.80 bits per heavy atom. The first-order valence-electron chi connectivity index (χ1n) is 5.87. The largest absolute Gasteiger partial charge is 0.271 e. The maximum Gasteiger partial charge on any atom is 0.137 e. The molecule has 1 unspecified atom stereocenters. The zero-order chi connectivity index (χ0) is 14.7. The van der Waals surface area contributed by atoms with Crippen LogP contribution < -0.4 is 11.3 Å². The van der Waals surface area contributed by atoms with Crippen LogP contribution in [-0.2, 0) is 6.42 Å². The van der Waals surface area contributed by atoms with Crippen molar-refractivity contribution in [2.24, 2.45) is 5.84 Å². The summed E-state index contributed by atoms with van der Waals surface area (Å²) in [5.41, 5.74) is 3.47. The third-order valence-corrected chi connectivity index (χ3v) is 4.22. The van der Waals surface area contributed by atoms with Gasteiger partial charge >= 0.3 is 0 Å². The summed E-state index contributed by atoms with van der Waals surface area (Å²) in [7, 11) is 0. The third-order valence-electron chi connectivity index (χ3n) is 3.00. The van der Waals surface area contributed by atoms with Crippen LogP contribution in [0.2, 0.25) is 5.02 Å². The van der Waals surface area contributed by atoms with E-state index >= 15 is 0 Å². The molecule has 3 N–H and O–H groups in total. The molecule has 0 spiro atoms. The smallest absolute Gasteiger partial charge is 0.137 e. The zero-order valence-electron chi connectivity index (χ0n) is 10.3. The molecule has 0 aromatic heterocycles. The van der Waals surface area contributed by atoms with Gasteiger partial charge in [-0.2, -0.15) is 0 Å². The Labute approximate surface area is 129 Å². The Morgan fingerprint density at radius 1 is 1.15 bits per heavy atom. The molecule has 20 heavy (non-hydrogen) atoms. The molecule has 2 rings (SSSR count). The second kappa shape index (κ2) is 6.63. The van der Waals surface area contributed by atoms with Crippen molar-refractivity contribution in [3.05, 3.63) is 68.7 Å². The summed E-state index contributed by atoms with van der Waals surface area (Å²) in [5.74, 6) is 4.67. The van der Waals surface area contributed by atoms with E-state index in [1.165, 1.54) is 18.2 Å². The molecule has 6 heteroatoms. The first kappa shape index (κ1) is 15.4. The van der Waals surface area contributed by atoms with E-state index in [0.29, 0.717) is 16.5 Å². The number of benzene rings is 2. The van der Waals surface area contributed by atoms with Crippen molar-refractivity contribution in [3.63, 3.8) is 0 Å². The second-order valence-corrected chi connectivity index (χ2v) is 5.47. The molecule has 106 valence electrons. The maximum absolute atomic E-state index is 13.9. The Bertz CT molecular complexity index is 602. The quantitative estimate of drug-likeness (QED) is 0.635. The number of hydrogen-bond donors (Lipinski definition) is 2. The zero-order valence-corrected chi connectivity index (χ0v) is 12.7. The van der Waals surface area contributed by atoms with Crippen LogP contribution in [0.25, 0.3) is 0 Å².